The van der Waals surface area contributed by atoms with Gasteiger partial charge in [-0.1, -0.05) is 180 Å². The Kier molecular flexibility index (Phi) is 37.3. The van der Waals surface area contributed by atoms with E-state index in [2.05, 4.69) is 19.9 Å². The molecule has 0 radical (unpaired) electrons. The maximum Gasteiger partial charge on any atom is 0.306 e. The van der Waals surface area contributed by atoms with Crippen LogP contribution < -0.4 is 0 Å². The highest BCUT2D eigenvalue weighted by Gasteiger charge is 2.16. The molecule has 0 unspecified atom stereocenters. The Bertz CT molecular complexity index is 804. The molecule has 0 saturated carbocycles. The fourth-order valence-electron chi connectivity index (χ4n) is 6.01. The molecule has 0 spiro atoms. The zero-order valence-electron chi connectivity index (χ0n) is 32.2. The lowest BCUT2D eigenvalue weighted by Crippen LogP contribution is -2.28. The molecule has 0 aliphatic carbocycles. The van der Waals surface area contributed by atoms with Crippen LogP contribution in [0.1, 0.15) is 213 Å². The zero-order chi connectivity index (χ0) is 35.9. The first-order valence-electron chi connectivity index (χ1n) is 20.8. The normalized spacial score (nSPS) is 12.2. The molecule has 0 bridgehead atoms. The van der Waals surface area contributed by atoms with Crippen LogP contribution in [0.4, 0.5) is 0 Å². The topological polar surface area (TPSA) is 89.9 Å². The first-order chi connectivity index (χ1) is 24.0. The van der Waals surface area contributed by atoms with Gasteiger partial charge in [0.15, 0.2) is 11.9 Å². The number of carbonyl (C=O) groups is 3. The minimum atomic E-state index is -0.813. The zero-order valence-corrected chi connectivity index (χ0v) is 32.2. The molecule has 0 aliphatic heterocycles. The van der Waals surface area contributed by atoms with Crippen molar-refractivity contribution in [1.82, 2.24) is 0 Å². The highest BCUT2D eigenvalue weighted by atomic mass is 16.6. The van der Waals surface area contributed by atoms with Crippen molar-refractivity contribution in [3.8, 4) is 0 Å². The fraction of sp³-hybridized carbons (Fsp3) is 0.837. The number of aliphatic hydroxyl groups is 1. The van der Waals surface area contributed by atoms with Gasteiger partial charge in [-0.15, -0.1) is 0 Å². The van der Waals surface area contributed by atoms with Gasteiger partial charge < -0.3 is 14.6 Å². The van der Waals surface area contributed by atoms with Crippen LogP contribution in [0.3, 0.4) is 0 Å². The second-order valence-corrected chi connectivity index (χ2v) is 14.1. The Hall–Kier alpha value is -1.95. The molecule has 286 valence electrons. The molecular formula is C43H78O6. The van der Waals surface area contributed by atoms with Crippen LogP contribution in [-0.2, 0) is 23.9 Å². The minimum Gasteiger partial charge on any atom is -0.462 e. The van der Waals surface area contributed by atoms with Crippen LogP contribution >= 0.6 is 0 Å². The Morgan fingerprint density at radius 2 is 0.918 bits per heavy atom. The second-order valence-electron chi connectivity index (χ2n) is 14.1. The maximum atomic E-state index is 12.2. The third-order valence-electron chi connectivity index (χ3n) is 9.22. The van der Waals surface area contributed by atoms with Gasteiger partial charge in [-0.3, -0.25) is 14.4 Å². The number of rotatable bonds is 38. The number of hydrogen-bond donors (Lipinski definition) is 1. The van der Waals surface area contributed by atoms with E-state index in [9.17, 15) is 19.5 Å². The molecule has 0 saturated heterocycles. The minimum absolute atomic E-state index is 0.0999. The van der Waals surface area contributed by atoms with Crippen LogP contribution in [0, 0.1) is 0 Å². The Morgan fingerprint density at radius 1 is 0.510 bits per heavy atom. The fourth-order valence-corrected chi connectivity index (χ4v) is 6.01. The van der Waals surface area contributed by atoms with E-state index in [4.69, 9.17) is 9.47 Å². The van der Waals surface area contributed by atoms with Crippen molar-refractivity contribution in [2.24, 2.45) is 0 Å². The molecule has 6 nitrogen and oxygen atoms in total. The monoisotopic (exact) mass is 691 g/mol. The molecule has 0 aromatic heterocycles. The summed E-state index contributed by atoms with van der Waals surface area (Å²) in [5.74, 6) is -0.519. The van der Waals surface area contributed by atoms with Crippen molar-refractivity contribution in [1.29, 1.82) is 0 Å². The standard InChI is InChI=1S/C43H78O6/c1-3-5-7-9-11-12-13-14-15-16-17-18-19-20-21-22-24-28-32-36-42(46)48-39-41(38-44)49-43(47)37-33-29-25-27-31-35-40(45)34-30-26-23-10-8-6-4-2/h23,26,30,34,41,44H,3-22,24-25,27-29,31-33,35-39H2,1-2H3/b26-23-,34-30+/t41-/m0/s1. The van der Waals surface area contributed by atoms with Crippen molar-refractivity contribution < 1.29 is 29.0 Å². The van der Waals surface area contributed by atoms with E-state index in [1.54, 1.807) is 6.08 Å². The van der Waals surface area contributed by atoms with Crippen LogP contribution in [0.2, 0.25) is 0 Å². The molecular weight excluding hydrogens is 612 g/mol. The third-order valence-corrected chi connectivity index (χ3v) is 9.22. The quantitative estimate of drug-likeness (QED) is 0.0300. The molecule has 0 aromatic carbocycles. The summed E-state index contributed by atoms with van der Waals surface area (Å²) in [4.78, 5) is 36.2. The second kappa shape index (κ2) is 38.8. The van der Waals surface area contributed by atoms with Gasteiger partial charge in [-0.2, -0.15) is 0 Å². The van der Waals surface area contributed by atoms with Gasteiger partial charge in [0.05, 0.1) is 6.61 Å². The maximum absolute atomic E-state index is 12.2. The molecule has 1 N–H and O–H groups in total. The summed E-state index contributed by atoms with van der Waals surface area (Å²) in [5, 5.41) is 9.55. The van der Waals surface area contributed by atoms with Gasteiger partial charge in [0.2, 0.25) is 0 Å². The predicted molar refractivity (Wildman–Crippen MR) is 206 cm³/mol. The van der Waals surface area contributed by atoms with E-state index in [1.807, 2.05) is 12.2 Å². The lowest BCUT2D eigenvalue weighted by atomic mass is 10.0. The van der Waals surface area contributed by atoms with Crippen molar-refractivity contribution in [2.45, 2.75) is 219 Å². The van der Waals surface area contributed by atoms with E-state index in [-0.39, 0.29) is 37.4 Å². The molecule has 49 heavy (non-hydrogen) atoms. The lowest BCUT2D eigenvalue weighted by molar-refractivity contribution is -0.161. The van der Waals surface area contributed by atoms with E-state index in [0.29, 0.717) is 19.3 Å². The molecule has 0 rings (SSSR count). The average molecular weight is 691 g/mol. The first-order valence-corrected chi connectivity index (χ1v) is 20.8. The SMILES string of the molecule is CCCCC/C=C\C=C\C(=O)CCCCCCCC(=O)O[C@@H](CO)COC(=O)CCCCCCCCCCCCCCCCCCCCC. The number of hydrogen-bond acceptors (Lipinski definition) is 6. The molecule has 0 aliphatic rings. The van der Waals surface area contributed by atoms with Crippen LogP contribution in [-0.4, -0.2) is 42.1 Å². The van der Waals surface area contributed by atoms with Gasteiger partial charge in [0.1, 0.15) is 6.61 Å². The smallest absolute Gasteiger partial charge is 0.306 e. The number of unbranched alkanes of at least 4 members (excludes halogenated alkanes) is 25. The largest absolute Gasteiger partial charge is 0.462 e. The average Bonchev–Trinajstić information content (AvgIpc) is 3.10. The third kappa shape index (κ3) is 37.1. The van der Waals surface area contributed by atoms with E-state index in [0.717, 1.165) is 51.4 Å². The van der Waals surface area contributed by atoms with Gasteiger partial charge in [-0.05, 0) is 38.2 Å². The van der Waals surface area contributed by atoms with Gasteiger partial charge >= 0.3 is 11.9 Å². The van der Waals surface area contributed by atoms with Crippen molar-refractivity contribution in [3.05, 3.63) is 24.3 Å². The summed E-state index contributed by atoms with van der Waals surface area (Å²) < 4.78 is 10.6. The predicted octanol–water partition coefficient (Wildman–Crippen LogP) is 12.2. The van der Waals surface area contributed by atoms with Crippen molar-refractivity contribution in [3.63, 3.8) is 0 Å². The summed E-state index contributed by atoms with van der Waals surface area (Å²) in [6.45, 7) is 4.00. The summed E-state index contributed by atoms with van der Waals surface area (Å²) in [7, 11) is 0. The highest BCUT2D eigenvalue weighted by molar-refractivity contribution is 5.89. The Balaban J connectivity index is 3.58. The molecule has 6 heteroatoms. The molecule has 0 aromatic rings. The number of allylic oxidation sites excluding steroid dienone is 4. The Labute approximate surface area is 302 Å². The van der Waals surface area contributed by atoms with Crippen molar-refractivity contribution >= 4 is 17.7 Å². The number of esters is 2. The summed E-state index contributed by atoms with van der Waals surface area (Å²) >= 11 is 0. The van der Waals surface area contributed by atoms with Gasteiger partial charge in [0, 0.05) is 19.3 Å². The summed E-state index contributed by atoms with van der Waals surface area (Å²) in [6, 6.07) is 0. The van der Waals surface area contributed by atoms with Crippen LogP contribution in [0.5, 0.6) is 0 Å². The molecule has 0 amide bonds. The first kappa shape index (κ1) is 47.0. The Morgan fingerprint density at radius 3 is 1.39 bits per heavy atom. The van der Waals surface area contributed by atoms with E-state index >= 15 is 0 Å². The van der Waals surface area contributed by atoms with Crippen LogP contribution in [0.25, 0.3) is 0 Å². The number of carbonyl (C=O) groups excluding carboxylic acids is 3. The number of ketones is 1. The lowest BCUT2D eigenvalue weighted by Gasteiger charge is -2.15. The molecule has 0 heterocycles. The van der Waals surface area contributed by atoms with E-state index < -0.39 is 6.10 Å². The van der Waals surface area contributed by atoms with Crippen LogP contribution in [0.15, 0.2) is 24.3 Å². The van der Waals surface area contributed by atoms with Gasteiger partial charge in [-0.25, -0.2) is 0 Å². The highest BCUT2D eigenvalue weighted by Crippen LogP contribution is 2.15. The summed E-state index contributed by atoms with van der Waals surface area (Å²) in [6.07, 6.45) is 42.0. The molecule has 1 atom stereocenters. The molecule has 0 fully saturated rings. The van der Waals surface area contributed by atoms with Crippen molar-refractivity contribution in [2.75, 3.05) is 13.2 Å². The number of ether oxygens (including phenoxy) is 2. The van der Waals surface area contributed by atoms with Gasteiger partial charge in [0.25, 0.3) is 0 Å². The van der Waals surface area contributed by atoms with E-state index in [1.165, 1.54) is 122 Å². The summed E-state index contributed by atoms with van der Waals surface area (Å²) in [5.41, 5.74) is 0. The number of aliphatic hydroxyl groups excluding tert-OH is 1.